The van der Waals surface area contributed by atoms with Crippen molar-refractivity contribution in [3.63, 3.8) is 0 Å². The molecule has 1 aromatic heterocycles. The van der Waals surface area contributed by atoms with Crippen LogP contribution in [-0.2, 0) is 0 Å². The zero-order chi connectivity index (χ0) is 16.2. The Hall–Kier alpha value is -2.21. The van der Waals surface area contributed by atoms with Crippen LogP contribution >= 0.6 is 11.6 Å². The zero-order valence-corrected chi connectivity index (χ0v) is 13.1. The third-order valence-corrected chi connectivity index (χ3v) is 4.28. The summed E-state index contributed by atoms with van der Waals surface area (Å²) in [7, 11) is 0. The lowest BCUT2D eigenvalue weighted by Crippen LogP contribution is -2.40. The lowest BCUT2D eigenvalue weighted by molar-refractivity contribution is 0.194. The van der Waals surface area contributed by atoms with Crippen molar-refractivity contribution in [2.24, 2.45) is 0 Å². The van der Waals surface area contributed by atoms with Gasteiger partial charge < -0.3 is 10.2 Å². The molecule has 23 heavy (non-hydrogen) atoms. The van der Waals surface area contributed by atoms with Crippen LogP contribution in [0, 0.1) is 5.82 Å². The summed E-state index contributed by atoms with van der Waals surface area (Å²) in [6, 6.07) is 5.91. The van der Waals surface area contributed by atoms with Crippen molar-refractivity contribution in [2.45, 2.75) is 18.8 Å². The summed E-state index contributed by atoms with van der Waals surface area (Å²) in [6.45, 7) is 1.27. The lowest BCUT2D eigenvalue weighted by atomic mass is 9.93. The number of hydrogen-bond donors (Lipinski definition) is 1. The van der Waals surface area contributed by atoms with E-state index < -0.39 is 5.82 Å². The zero-order valence-electron chi connectivity index (χ0n) is 12.4. The maximum Gasteiger partial charge on any atom is 0.321 e. The molecule has 2 amide bonds. The summed E-state index contributed by atoms with van der Waals surface area (Å²) in [5.74, 6) is -0.207. The molecule has 0 saturated carbocycles. The average Bonchev–Trinajstić information content (AvgIpc) is 2.59. The molecule has 2 heterocycles. The fraction of sp³-hybridized carbons (Fsp3) is 0.312. The summed E-state index contributed by atoms with van der Waals surface area (Å²) in [5.41, 5.74) is 1.41. The minimum atomic E-state index is -0.549. The molecule has 120 valence electrons. The van der Waals surface area contributed by atoms with E-state index in [1.165, 1.54) is 12.1 Å². The van der Waals surface area contributed by atoms with Gasteiger partial charge in [-0.05, 0) is 37.1 Å². The normalized spacial score (nSPS) is 15.5. The SMILES string of the molecule is O=C(Nc1ccc(Cl)c(F)c1)N1CCC(c2ccncn2)CC1. The highest BCUT2D eigenvalue weighted by atomic mass is 35.5. The number of benzene rings is 1. The molecule has 1 aliphatic rings. The third-order valence-electron chi connectivity index (χ3n) is 3.98. The minimum absolute atomic E-state index is 0.0358. The van der Waals surface area contributed by atoms with Gasteiger partial charge in [0, 0.05) is 36.6 Å². The number of piperidine rings is 1. The van der Waals surface area contributed by atoms with Crippen LogP contribution in [0.1, 0.15) is 24.5 Å². The highest BCUT2D eigenvalue weighted by Crippen LogP contribution is 2.26. The molecule has 0 unspecified atom stereocenters. The number of anilines is 1. The molecule has 0 aliphatic carbocycles. The predicted molar refractivity (Wildman–Crippen MR) is 86.0 cm³/mol. The largest absolute Gasteiger partial charge is 0.324 e. The molecule has 0 bridgehead atoms. The Morgan fingerprint density at radius 3 is 2.74 bits per heavy atom. The number of nitrogens with one attached hydrogen (secondary N) is 1. The summed E-state index contributed by atoms with van der Waals surface area (Å²) < 4.78 is 13.4. The van der Waals surface area contributed by atoms with Crippen LogP contribution in [0.4, 0.5) is 14.9 Å². The Kier molecular flexibility index (Phi) is 4.71. The van der Waals surface area contributed by atoms with Crippen LogP contribution in [0.3, 0.4) is 0 Å². The van der Waals surface area contributed by atoms with E-state index in [2.05, 4.69) is 15.3 Å². The van der Waals surface area contributed by atoms with Gasteiger partial charge in [0.1, 0.15) is 12.1 Å². The Bertz CT molecular complexity index is 690. The predicted octanol–water partition coefficient (Wildman–Crippen LogP) is 3.68. The maximum absolute atomic E-state index is 13.4. The van der Waals surface area contributed by atoms with Crippen LogP contribution in [-0.4, -0.2) is 34.0 Å². The monoisotopic (exact) mass is 334 g/mol. The smallest absolute Gasteiger partial charge is 0.321 e. The number of aromatic nitrogens is 2. The van der Waals surface area contributed by atoms with E-state index in [-0.39, 0.29) is 11.1 Å². The van der Waals surface area contributed by atoms with E-state index >= 15 is 0 Å². The molecule has 2 aromatic rings. The van der Waals surface area contributed by atoms with Crippen molar-refractivity contribution in [2.75, 3.05) is 18.4 Å². The van der Waals surface area contributed by atoms with Crippen molar-refractivity contribution in [3.05, 3.63) is 53.3 Å². The molecule has 0 spiro atoms. The fourth-order valence-electron chi connectivity index (χ4n) is 2.70. The number of urea groups is 1. The molecule has 5 nitrogen and oxygen atoms in total. The van der Waals surface area contributed by atoms with Gasteiger partial charge in [0.25, 0.3) is 0 Å². The Labute approximate surface area is 138 Å². The Morgan fingerprint density at radius 1 is 1.30 bits per heavy atom. The first-order chi connectivity index (χ1) is 11.1. The van der Waals surface area contributed by atoms with E-state index in [1.807, 2.05) is 6.07 Å². The van der Waals surface area contributed by atoms with Gasteiger partial charge >= 0.3 is 6.03 Å². The molecular formula is C16H16ClFN4O. The summed E-state index contributed by atoms with van der Waals surface area (Å²) in [4.78, 5) is 22.2. The summed E-state index contributed by atoms with van der Waals surface area (Å²) in [6.07, 6.45) is 4.97. The fourth-order valence-corrected chi connectivity index (χ4v) is 2.81. The van der Waals surface area contributed by atoms with E-state index in [0.717, 1.165) is 18.5 Å². The summed E-state index contributed by atoms with van der Waals surface area (Å²) >= 11 is 5.63. The van der Waals surface area contributed by atoms with Crippen molar-refractivity contribution < 1.29 is 9.18 Å². The second kappa shape index (κ2) is 6.91. The van der Waals surface area contributed by atoms with Gasteiger partial charge in [0.2, 0.25) is 0 Å². The molecule has 0 atom stereocenters. The number of halogens is 2. The first-order valence-corrected chi connectivity index (χ1v) is 7.78. The number of nitrogens with zero attached hydrogens (tertiary/aromatic N) is 3. The highest BCUT2D eigenvalue weighted by Gasteiger charge is 2.24. The number of hydrogen-bond acceptors (Lipinski definition) is 3. The van der Waals surface area contributed by atoms with Gasteiger partial charge in [-0.15, -0.1) is 0 Å². The number of rotatable bonds is 2. The molecule has 1 aliphatic heterocycles. The molecule has 1 aromatic carbocycles. The molecule has 0 radical (unpaired) electrons. The maximum atomic E-state index is 13.4. The molecule has 7 heteroatoms. The van der Waals surface area contributed by atoms with Crippen LogP contribution in [0.25, 0.3) is 0 Å². The number of carbonyl (C=O) groups excluding carboxylic acids is 1. The van der Waals surface area contributed by atoms with Crippen molar-refractivity contribution >= 4 is 23.3 Å². The second-order valence-corrected chi connectivity index (χ2v) is 5.86. The molecule has 1 fully saturated rings. The van der Waals surface area contributed by atoms with E-state index in [9.17, 15) is 9.18 Å². The average molecular weight is 335 g/mol. The molecule has 1 saturated heterocycles. The number of amides is 2. The van der Waals surface area contributed by atoms with Crippen molar-refractivity contribution in [1.82, 2.24) is 14.9 Å². The Balaban J connectivity index is 1.57. The molecular weight excluding hydrogens is 319 g/mol. The van der Waals surface area contributed by atoms with Crippen LogP contribution in [0.15, 0.2) is 36.8 Å². The van der Waals surface area contributed by atoms with Gasteiger partial charge in [-0.1, -0.05) is 11.6 Å². The Morgan fingerprint density at radius 2 is 2.09 bits per heavy atom. The second-order valence-electron chi connectivity index (χ2n) is 5.45. The number of likely N-dealkylation sites (tertiary alicyclic amines) is 1. The third kappa shape index (κ3) is 3.76. The van der Waals surface area contributed by atoms with Crippen LogP contribution < -0.4 is 5.32 Å². The molecule has 1 N–H and O–H groups in total. The van der Waals surface area contributed by atoms with Crippen molar-refractivity contribution in [1.29, 1.82) is 0 Å². The quantitative estimate of drug-likeness (QED) is 0.911. The van der Waals surface area contributed by atoms with Gasteiger partial charge in [-0.2, -0.15) is 0 Å². The van der Waals surface area contributed by atoms with Crippen LogP contribution in [0.5, 0.6) is 0 Å². The van der Waals surface area contributed by atoms with E-state index in [1.54, 1.807) is 23.5 Å². The molecule has 3 rings (SSSR count). The summed E-state index contributed by atoms with van der Waals surface area (Å²) in [5, 5.41) is 2.73. The number of carbonyl (C=O) groups is 1. The van der Waals surface area contributed by atoms with Gasteiger partial charge in [-0.3, -0.25) is 0 Å². The van der Waals surface area contributed by atoms with Crippen molar-refractivity contribution in [3.8, 4) is 0 Å². The lowest BCUT2D eigenvalue weighted by Gasteiger charge is -2.31. The van der Waals surface area contributed by atoms with Gasteiger partial charge in [0.05, 0.1) is 5.02 Å². The standard InChI is InChI=1S/C16H16ClFN4O/c17-13-2-1-12(9-14(13)18)21-16(23)22-7-4-11(5-8-22)15-3-6-19-10-20-15/h1-3,6,9-11H,4-5,7-8H2,(H,21,23). The first-order valence-electron chi connectivity index (χ1n) is 7.40. The topological polar surface area (TPSA) is 58.1 Å². The van der Waals surface area contributed by atoms with Crippen LogP contribution in [0.2, 0.25) is 5.02 Å². The first kappa shape index (κ1) is 15.7. The van der Waals surface area contributed by atoms with E-state index in [4.69, 9.17) is 11.6 Å². The van der Waals surface area contributed by atoms with E-state index in [0.29, 0.717) is 24.7 Å². The highest BCUT2D eigenvalue weighted by molar-refractivity contribution is 6.30. The van der Waals surface area contributed by atoms with Gasteiger partial charge in [-0.25, -0.2) is 19.2 Å². The minimum Gasteiger partial charge on any atom is -0.324 e. The van der Waals surface area contributed by atoms with Gasteiger partial charge in [0.15, 0.2) is 0 Å².